The molecule has 2 aromatic carbocycles. The lowest BCUT2D eigenvalue weighted by molar-refractivity contribution is -0.164. The third kappa shape index (κ3) is 5.03. The van der Waals surface area contributed by atoms with E-state index in [1.165, 1.54) is 0 Å². The summed E-state index contributed by atoms with van der Waals surface area (Å²) in [5.74, 6) is -0.478. The predicted octanol–water partition coefficient (Wildman–Crippen LogP) is 4.82. The van der Waals surface area contributed by atoms with Crippen molar-refractivity contribution in [1.29, 1.82) is 0 Å². The molecule has 2 aromatic heterocycles. The summed E-state index contributed by atoms with van der Waals surface area (Å²) >= 11 is 0. The standard InChI is InChI=1S/C30H33N3O5/c1-3-37-28(35)9-6-15-32(19-21-10-11-22-12-14-31-25(22)17-21)29(36)30(2)13-16-33(30)27(34)18-23-20-38-26-8-5-4-7-24(23)26/h4-5,7-8,10-12,14,17,20,31H,3,6,9,13,15-16,18-19H2,1-2H3. The van der Waals surface area contributed by atoms with Crippen molar-refractivity contribution in [3.63, 3.8) is 0 Å². The number of esters is 1. The number of furan rings is 1. The lowest BCUT2D eigenvalue weighted by Gasteiger charge is -2.51. The highest BCUT2D eigenvalue weighted by molar-refractivity contribution is 5.95. The molecule has 0 radical (unpaired) electrons. The van der Waals surface area contributed by atoms with Crippen LogP contribution in [0.1, 0.15) is 44.2 Å². The zero-order chi connectivity index (χ0) is 26.7. The topological polar surface area (TPSA) is 95.9 Å². The average Bonchev–Trinajstić information content (AvgIpc) is 3.53. The van der Waals surface area contributed by atoms with Crippen molar-refractivity contribution < 1.29 is 23.5 Å². The van der Waals surface area contributed by atoms with E-state index in [-0.39, 0.29) is 30.6 Å². The zero-order valence-corrected chi connectivity index (χ0v) is 21.9. The Bertz CT molecular complexity index is 1470. The number of aromatic amines is 1. The molecule has 1 aliphatic rings. The minimum absolute atomic E-state index is 0.0991. The first-order valence-electron chi connectivity index (χ1n) is 13.2. The number of fused-ring (bicyclic) bond motifs is 2. The molecular weight excluding hydrogens is 482 g/mol. The summed E-state index contributed by atoms with van der Waals surface area (Å²) in [6.07, 6.45) is 5.00. The first-order valence-corrected chi connectivity index (χ1v) is 13.2. The van der Waals surface area contributed by atoms with Crippen molar-refractivity contribution in [2.24, 2.45) is 0 Å². The largest absolute Gasteiger partial charge is 0.466 e. The number of benzene rings is 2. The number of hydrogen-bond donors (Lipinski definition) is 1. The second-order valence-electron chi connectivity index (χ2n) is 10.0. The molecule has 4 aromatic rings. The van der Waals surface area contributed by atoms with Crippen LogP contribution in [0.15, 0.2) is 65.4 Å². The summed E-state index contributed by atoms with van der Waals surface area (Å²) in [4.78, 5) is 46.0. The number of H-pyrrole nitrogens is 1. The second-order valence-corrected chi connectivity index (χ2v) is 10.0. The Balaban J connectivity index is 1.32. The molecule has 0 saturated carbocycles. The van der Waals surface area contributed by atoms with Gasteiger partial charge >= 0.3 is 5.97 Å². The molecule has 1 atom stereocenters. The lowest BCUT2D eigenvalue weighted by atomic mass is 9.84. The summed E-state index contributed by atoms with van der Waals surface area (Å²) in [5, 5.41) is 2.01. The van der Waals surface area contributed by atoms with Gasteiger partial charge in [-0.25, -0.2) is 0 Å². The molecule has 198 valence electrons. The van der Waals surface area contributed by atoms with E-state index in [1.54, 1.807) is 23.0 Å². The highest BCUT2D eigenvalue weighted by Gasteiger charge is 2.50. The minimum Gasteiger partial charge on any atom is -0.466 e. The Hall–Kier alpha value is -4.07. The van der Waals surface area contributed by atoms with Crippen molar-refractivity contribution in [3.8, 4) is 0 Å². The van der Waals surface area contributed by atoms with Crippen LogP contribution >= 0.6 is 0 Å². The number of carbonyl (C=O) groups is 3. The second kappa shape index (κ2) is 10.7. The molecule has 5 rings (SSSR count). The SMILES string of the molecule is CCOC(=O)CCCN(Cc1ccc2cc[nH]c2c1)C(=O)C1(C)CCN1C(=O)Cc1coc2ccccc12. The molecule has 1 fully saturated rings. The van der Waals surface area contributed by atoms with Crippen LogP contribution in [-0.4, -0.2) is 57.8 Å². The van der Waals surface area contributed by atoms with Crippen molar-refractivity contribution in [1.82, 2.24) is 14.8 Å². The monoisotopic (exact) mass is 515 g/mol. The molecule has 0 spiro atoms. The molecule has 8 nitrogen and oxygen atoms in total. The predicted molar refractivity (Wildman–Crippen MR) is 144 cm³/mol. The Kier molecular flexibility index (Phi) is 7.22. The molecule has 3 heterocycles. The molecule has 0 aliphatic carbocycles. The third-order valence-electron chi connectivity index (χ3n) is 7.48. The summed E-state index contributed by atoms with van der Waals surface area (Å²) in [7, 11) is 0. The van der Waals surface area contributed by atoms with E-state index in [2.05, 4.69) is 4.98 Å². The molecule has 0 bridgehead atoms. The minimum atomic E-state index is -0.933. The van der Waals surface area contributed by atoms with Gasteiger partial charge in [-0.15, -0.1) is 0 Å². The van der Waals surface area contributed by atoms with E-state index in [1.807, 2.05) is 61.7 Å². The van der Waals surface area contributed by atoms with Crippen molar-refractivity contribution >= 4 is 39.7 Å². The number of hydrogen-bond acceptors (Lipinski definition) is 5. The lowest BCUT2D eigenvalue weighted by Crippen LogP contribution is -2.68. The third-order valence-corrected chi connectivity index (χ3v) is 7.48. The van der Waals surface area contributed by atoms with Gasteiger partial charge in [-0.05, 0) is 55.8 Å². The Morgan fingerprint density at radius 1 is 1.16 bits per heavy atom. The quantitative estimate of drug-likeness (QED) is 0.306. The van der Waals surface area contributed by atoms with E-state index in [0.717, 1.165) is 33.0 Å². The van der Waals surface area contributed by atoms with Gasteiger partial charge in [0.05, 0.1) is 19.3 Å². The van der Waals surface area contributed by atoms with Crippen LogP contribution in [0.3, 0.4) is 0 Å². The van der Waals surface area contributed by atoms with Gasteiger partial charge in [-0.3, -0.25) is 14.4 Å². The fourth-order valence-corrected chi connectivity index (χ4v) is 5.26. The van der Waals surface area contributed by atoms with Crippen LogP contribution < -0.4 is 0 Å². The molecular formula is C30H33N3O5. The van der Waals surface area contributed by atoms with E-state index in [9.17, 15) is 14.4 Å². The van der Waals surface area contributed by atoms with Crippen LogP contribution in [0.4, 0.5) is 0 Å². The smallest absolute Gasteiger partial charge is 0.305 e. The number of nitrogens with one attached hydrogen (secondary N) is 1. The molecule has 38 heavy (non-hydrogen) atoms. The van der Waals surface area contributed by atoms with Gasteiger partial charge in [0.25, 0.3) is 0 Å². The van der Waals surface area contributed by atoms with Gasteiger partial charge in [-0.2, -0.15) is 0 Å². The Labute approximate surface area is 221 Å². The van der Waals surface area contributed by atoms with Gasteiger partial charge in [0, 0.05) is 48.7 Å². The number of amides is 2. The van der Waals surface area contributed by atoms with E-state index in [0.29, 0.717) is 39.1 Å². The van der Waals surface area contributed by atoms with Crippen molar-refractivity contribution in [2.75, 3.05) is 19.7 Å². The summed E-state index contributed by atoms with van der Waals surface area (Å²) in [5.41, 5.74) is 2.61. The molecule has 1 N–H and O–H groups in total. The highest BCUT2D eigenvalue weighted by atomic mass is 16.5. The molecule has 8 heteroatoms. The van der Waals surface area contributed by atoms with Gasteiger partial charge < -0.3 is 23.9 Å². The van der Waals surface area contributed by atoms with E-state index < -0.39 is 5.54 Å². The zero-order valence-electron chi connectivity index (χ0n) is 21.9. The number of carbonyl (C=O) groups excluding carboxylic acids is 3. The molecule has 1 saturated heterocycles. The fraction of sp³-hybridized carbons (Fsp3) is 0.367. The number of nitrogens with zero attached hydrogens (tertiary/aromatic N) is 2. The first-order chi connectivity index (χ1) is 18.4. The number of para-hydroxylation sites is 1. The van der Waals surface area contributed by atoms with Crippen LogP contribution in [0, 0.1) is 0 Å². The summed E-state index contributed by atoms with van der Waals surface area (Å²) in [6.45, 7) is 5.27. The fourth-order valence-electron chi connectivity index (χ4n) is 5.26. The summed E-state index contributed by atoms with van der Waals surface area (Å²) < 4.78 is 10.7. The van der Waals surface area contributed by atoms with E-state index in [4.69, 9.17) is 9.15 Å². The Morgan fingerprint density at radius 3 is 2.79 bits per heavy atom. The number of ether oxygens (including phenoxy) is 1. The first kappa shape index (κ1) is 25.6. The number of aromatic nitrogens is 1. The summed E-state index contributed by atoms with van der Waals surface area (Å²) in [6, 6.07) is 15.7. The van der Waals surface area contributed by atoms with Crippen molar-refractivity contribution in [3.05, 3.63) is 72.1 Å². The maximum atomic E-state index is 14.0. The molecule has 2 amide bonds. The van der Waals surface area contributed by atoms with Gasteiger partial charge in [0.1, 0.15) is 11.1 Å². The normalized spacial score (nSPS) is 16.9. The van der Waals surface area contributed by atoms with Crippen LogP contribution in [0.5, 0.6) is 0 Å². The average molecular weight is 516 g/mol. The number of likely N-dealkylation sites (tertiary alicyclic amines) is 1. The van der Waals surface area contributed by atoms with Gasteiger partial charge in [0.2, 0.25) is 11.8 Å². The van der Waals surface area contributed by atoms with Gasteiger partial charge in [-0.1, -0.05) is 30.3 Å². The maximum absolute atomic E-state index is 14.0. The van der Waals surface area contributed by atoms with Crippen LogP contribution in [-0.2, 0) is 32.1 Å². The molecule has 1 aliphatic heterocycles. The van der Waals surface area contributed by atoms with Crippen LogP contribution in [0.25, 0.3) is 21.9 Å². The van der Waals surface area contributed by atoms with Crippen LogP contribution in [0.2, 0.25) is 0 Å². The van der Waals surface area contributed by atoms with Crippen molar-refractivity contribution in [2.45, 2.75) is 51.6 Å². The highest BCUT2D eigenvalue weighted by Crippen LogP contribution is 2.34. The molecule has 1 unspecified atom stereocenters. The number of rotatable bonds is 10. The maximum Gasteiger partial charge on any atom is 0.305 e. The Morgan fingerprint density at radius 2 is 2.00 bits per heavy atom. The van der Waals surface area contributed by atoms with Gasteiger partial charge in [0.15, 0.2) is 0 Å². The van der Waals surface area contributed by atoms with E-state index >= 15 is 0 Å².